The average Bonchev–Trinajstić information content (AvgIpc) is 2.99. The molecule has 2 aliphatic heterocycles. The Bertz CT molecular complexity index is 578. The third-order valence-electron chi connectivity index (χ3n) is 4.70. The number of rotatable bonds is 5. The number of halogens is 1. The second-order valence-electron chi connectivity index (χ2n) is 6.24. The second kappa shape index (κ2) is 9.17. The van der Waals surface area contributed by atoms with Crippen molar-refractivity contribution in [1.82, 2.24) is 10.2 Å². The number of likely N-dealkylation sites (N-methyl/N-ethyl adjacent to an activating group) is 1. The summed E-state index contributed by atoms with van der Waals surface area (Å²) >= 11 is 0. The highest BCUT2D eigenvalue weighted by Gasteiger charge is 2.38. The summed E-state index contributed by atoms with van der Waals surface area (Å²) in [4.78, 5) is 29.0. The highest BCUT2D eigenvalue weighted by molar-refractivity contribution is 6.01. The molecule has 7 heteroatoms. The van der Waals surface area contributed by atoms with E-state index in [1.807, 2.05) is 37.3 Å². The van der Waals surface area contributed by atoms with Gasteiger partial charge in [0.1, 0.15) is 6.04 Å². The van der Waals surface area contributed by atoms with E-state index in [0.29, 0.717) is 39.1 Å². The van der Waals surface area contributed by atoms with Gasteiger partial charge in [0.25, 0.3) is 0 Å². The second-order valence-corrected chi connectivity index (χ2v) is 6.24. The van der Waals surface area contributed by atoms with Gasteiger partial charge in [-0.15, -0.1) is 12.4 Å². The van der Waals surface area contributed by atoms with Crippen LogP contribution in [0.25, 0.3) is 0 Å². The first kappa shape index (κ1) is 19.7. The number of ether oxygens (including phenoxy) is 1. The lowest BCUT2D eigenvalue weighted by atomic mass is 10.1. The zero-order valence-electron chi connectivity index (χ0n) is 14.5. The first-order chi connectivity index (χ1) is 11.7. The number of hydrogen-bond donors (Lipinski definition) is 1. The van der Waals surface area contributed by atoms with Crippen LogP contribution in [0.4, 0.5) is 5.69 Å². The van der Waals surface area contributed by atoms with E-state index in [-0.39, 0.29) is 36.3 Å². The van der Waals surface area contributed by atoms with E-state index >= 15 is 0 Å². The Morgan fingerprint density at radius 3 is 2.76 bits per heavy atom. The number of benzene rings is 1. The third kappa shape index (κ3) is 4.51. The van der Waals surface area contributed by atoms with Gasteiger partial charge >= 0.3 is 0 Å². The van der Waals surface area contributed by atoms with Gasteiger partial charge in [0.15, 0.2) is 0 Å². The minimum absolute atomic E-state index is 0. The molecular weight excluding hydrogens is 342 g/mol. The van der Waals surface area contributed by atoms with Gasteiger partial charge in [0.05, 0.1) is 13.2 Å². The molecule has 0 radical (unpaired) electrons. The van der Waals surface area contributed by atoms with Crippen LogP contribution >= 0.6 is 12.4 Å². The SMILES string of the molecule is CCN(C(=O)CC1COCCN1)C1CCN(c2ccccc2)C1=O.Cl. The number of morpholine rings is 1. The molecule has 2 unspecified atom stereocenters. The van der Waals surface area contributed by atoms with Crippen molar-refractivity contribution in [2.45, 2.75) is 31.8 Å². The lowest BCUT2D eigenvalue weighted by Crippen LogP contribution is -2.49. The van der Waals surface area contributed by atoms with Crippen molar-refractivity contribution in [1.29, 1.82) is 0 Å². The minimum Gasteiger partial charge on any atom is -0.378 e. The zero-order valence-corrected chi connectivity index (χ0v) is 15.3. The van der Waals surface area contributed by atoms with Crippen molar-refractivity contribution < 1.29 is 14.3 Å². The van der Waals surface area contributed by atoms with Crippen LogP contribution in [0.2, 0.25) is 0 Å². The van der Waals surface area contributed by atoms with E-state index in [0.717, 1.165) is 12.2 Å². The molecule has 0 saturated carbocycles. The molecule has 1 aromatic rings. The monoisotopic (exact) mass is 367 g/mol. The number of nitrogens with one attached hydrogen (secondary N) is 1. The molecule has 2 heterocycles. The fourth-order valence-electron chi connectivity index (χ4n) is 3.47. The third-order valence-corrected chi connectivity index (χ3v) is 4.70. The van der Waals surface area contributed by atoms with Crippen molar-refractivity contribution in [3.8, 4) is 0 Å². The molecule has 0 aliphatic carbocycles. The maximum Gasteiger partial charge on any atom is 0.249 e. The first-order valence-corrected chi connectivity index (χ1v) is 8.67. The standard InChI is InChI=1S/C18H25N3O3.ClH/c1-2-20(17(22)12-14-13-24-11-9-19-14)16-8-10-21(18(16)23)15-6-4-3-5-7-15;/h3-7,14,16,19H,2,8-13H2,1H3;1H. The van der Waals surface area contributed by atoms with E-state index < -0.39 is 0 Å². The molecular formula is C18H26ClN3O3. The zero-order chi connectivity index (χ0) is 16.9. The van der Waals surface area contributed by atoms with Crippen LogP contribution in [-0.4, -0.2) is 61.6 Å². The Morgan fingerprint density at radius 1 is 1.36 bits per heavy atom. The van der Waals surface area contributed by atoms with Crippen molar-refractivity contribution in [2.24, 2.45) is 0 Å². The molecule has 2 fully saturated rings. The largest absolute Gasteiger partial charge is 0.378 e. The molecule has 3 rings (SSSR count). The van der Waals surface area contributed by atoms with Crippen LogP contribution in [0.5, 0.6) is 0 Å². The minimum atomic E-state index is -0.354. The fraction of sp³-hybridized carbons (Fsp3) is 0.556. The van der Waals surface area contributed by atoms with Crippen molar-refractivity contribution >= 4 is 29.9 Å². The molecule has 2 atom stereocenters. The fourth-order valence-corrected chi connectivity index (χ4v) is 3.47. The van der Waals surface area contributed by atoms with Gasteiger partial charge in [-0.1, -0.05) is 18.2 Å². The first-order valence-electron chi connectivity index (χ1n) is 8.67. The quantitative estimate of drug-likeness (QED) is 0.855. The van der Waals surface area contributed by atoms with Crippen LogP contribution in [0.3, 0.4) is 0 Å². The Hall–Kier alpha value is -1.63. The number of hydrogen-bond acceptors (Lipinski definition) is 4. The normalized spacial score (nSPS) is 23.2. The van der Waals surface area contributed by atoms with Crippen LogP contribution in [0.1, 0.15) is 19.8 Å². The van der Waals surface area contributed by atoms with Crippen molar-refractivity contribution in [3.05, 3.63) is 30.3 Å². The summed E-state index contributed by atoms with van der Waals surface area (Å²) in [6.45, 7) is 5.15. The maximum atomic E-state index is 12.8. The Labute approximate surface area is 154 Å². The molecule has 2 aliphatic rings. The number of anilines is 1. The number of para-hydroxylation sites is 1. The molecule has 0 bridgehead atoms. The molecule has 138 valence electrons. The summed E-state index contributed by atoms with van der Waals surface area (Å²) in [6, 6.07) is 9.33. The summed E-state index contributed by atoms with van der Waals surface area (Å²) in [7, 11) is 0. The highest BCUT2D eigenvalue weighted by Crippen LogP contribution is 2.24. The van der Waals surface area contributed by atoms with E-state index in [4.69, 9.17) is 4.74 Å². The molecule has 6 nitrogen and oxygen atoms in total. The van der Waals surface area contributed by atoms with Gasteiger partial charge in [-0.05, 0) is 25.5 Å². The lowest BCUT2D eigenvalue weighted by molar-refractivity contribution is -0.139. The summed E-state index contributed by atoms with van der Waals surface area (Å²) in [6.07, 6.45) is 1.06. The number of amides is 2. The van der Waals surface area contributed by atoms with Gasteiger partial charge in [-0.3, -0.25) is 9.59 Å². The molecule has 2 amide bonds. The van der Waals surface area contributed by atoms with Crippen molar-refractivity contribution in [2.75, 3.05) is 37.7 Å². The van der Waals surface area contributed by atoms with Crippen molar-refractivity contribution in [3.63, 3.8) is 0 Å². The van der Waals surface area contributed by atoms with Gasteiger partial charge in [0.2, 0.25) is 11.8 Å². The maximum absolute atomic E-state index is 12.8. The highest BCUT2D eigenvalue weighted by atomic mass is 35.5. The Morgan fingerprint density at radius 2 is 2.12 bits per heavy atom. The molecule has 0 aromatic heterocycles. The van der Waals surface area contributed by atoms with E-state index in [2.05, 4.69) is 5.32 Å². The van der Waals surface area contributed by atoms with E-state index in [9.17, 15) is 9.59 Å². The molecule has 1 aromatic carbocycles. The van der Waals surface area contributed by atoms with Gasteiger partial charge < -0.3 is 19.9 Å². The predicted octanol–water partition coefficient (Wildman–Crippen LogP) is 1.44. The van der Waals surface area contributed by atoms with Crippen LogP contribution < -0.4 is 10.2 Å². The number of nitrogens with zero attached hydrogens (tertiary/aromatic N) is 2. The smallest absolute Gasteiger partial charge is 0.249 e. The summed E-state index contributed by atoms with van der Waals surface area (Å²) in [5.74, 6) is 0.0398. The summed E-state index contributed by atoms with van der Waals surface area (Å²) in [5.41, 5.74) is 0.899. The predicted molar refractivity (Wildman–Crippen MR) is 99.1 cm³/mol. The van der Waals surface area contributed by atoms with Gasteiger partial charge in [0, 0.05) is 37.8 Å². The van der Waals surface area contributed by atoms with Gasteiger partial charge in [-0.25, -0.2) is 0 Å². The van der Waals surface area contributed by atoms with Crippen LogP contribution in [0, 0.1) is 0 Å². The average molecular weight is 368 g/mol. The lowest BCUT2D eigenvalue weighted by Gasteiger charge is -2.30. The van der Waals surface area contributed by atoms with E-state index in [1.165, 1.54) is 0 Å². The Balaban J connectivity index is 0.00000225. The molecule has 25 heavy (non-hydrogen) atoms. The number of carbonyl (C=O) groups is 2. The van der Waals surface area contributed by atoms with Crippen LogP contribution in [0.15, 0.2) is 30.3 Å². The number of carbonyl (C=O) groups excluding carboxylic acids is 2. The van der Waals surface area contributed by atoms with Crippen LogP contribution in [-0.2, 0) is 14.3 Å². The Kier molecular flexibility index (Phi) is 7.23. The molecule has 0 spiro atoms. The molecule has 2 saturated heterocycles. The topological polar surface area (TPSA) is 61.9 Å². The summed E-state index contributed by atoms with van der Waals surface area (Å²) in [5, 5.41) is 3.30. The summed E-state index contributed by atoms with van der Waals surface area (Å²) < 4.78 is 5.41. The molecule has 1 N–H and O–H groups in total. The van der Waals surface area contributed by atoms with E-state index in [1.54, 1.807) is 9.80 Å². The van der Waals surface area contributed by atoms with Gasteiger partial charge in [-0.2, -0.15) is 0 Å².